The van der Waals surface area contributed by atoms with Gasteiger partial charge >= 0.3 is 0 Å². The molecule has 1 aromatic carbocycles. The van der Waals surface area contributed by atoms with Gasteiger partial charge in [0.05, 0.1) is 12.9 Å². The Labute approximate surface area is 152 Å². The van der Waals surface area contributed by atoms with E-state index in [1.165, 1.54) is 24.6 Å². The molecule has 7 nitrogen and oxygen atoms in total. The first-order valence-electron chi connectivity index (χ1n) is 8.49. The number of para-hydroxylation sites is 2. The van der Waals surface area contributed by atoms with Crippen LogP contribution in [0.1, 0.15) is 39.5 Å². The van der Waals surface area contributed by atoms with E-state index in [0.717, 1.165) is 18.5 Å². The van der Waals surface area contributed by atoms with Crippen molar-refractivity contribution in [3.63, 3.8) is 0 Å². The molecular formula is C17H25N5O2S. The number of nitrogens with one attached hydrogen (secondary N) is 1. The Balaban J connectivity index is 1.92. The Kier molecular flexibility index (Phi) is 7.72. The lowest BCUT2D eigenvalue weighted by molar-refractivity contribution is -0.119. The summed E-state index contributed by atoms with van der Waals surface area (Å²) in [6.45, 7) is 4.21. The van der Waals surface area contributed by atoms with Crippen molar-refractivity contribution in [1.82, 2.24) is 25.5 Å². The first-order valence-corrected chi connectivity index (χ1v) is 9.48. The lowest BCUT2D eigenvalue weighted by Crippen LogP contribution is -2.33. The predicted octanol–water partition coefficient (Wildman–Crippen LogP) is 2.85. The van der Waals surface area contributed by atoms with Gasteiger partial charge in [0.25, 0.3) is 0 Å². The summed E-state index contributed by atoms with van der Waals surface area (Å²) in [5.41, 5.74) is 0.742. The van der Waals surface area contributed by atoms with Crippen LogP contribution in [0.5, 0.6) is 5.75 Å². The van der Waals surface area contributed by atoms with E-state index in [1.807, 2.05) is 31.2 Å². The molecule has 1 unspecified atom stereocenters. The minimum Gasteiger partial charge on any atom is -0.494 e. The van der Waals surface area contributed by atoms with Crippen LogP contribution in [0.15, 0.2) is 29.4 Å². The summed E-state index contributed by atoms with van der Waals surface area (Å²) < 4.78 is 6.93. The van der Waals surface area contributed by atoms with Gasteiger partial charge in [0, 0.05) is 6.04 Å². The third-order valence-electron chi connectivity index (χ3n) is 3.73. The third-order valence-corrected chi connectivity index (χ3v) is 4.65. The molecule has 0 fully saturated rings. The molecule has 1 atom stereocenters. The zero-order valence-electron chi connectivity index (χ0n) is 14.9. The van der Waals surface area contributed by atoms with Crippen LogP contribution in [0.4, 0.5) is 0 Å². The van der Waals surface area contributed by atoms with Crippen LogP contribution in [0, 0.1) is 0 Å². The zero-order chi connectivity index (χ0) is 18.1. The van der Waals surface area contributed by atoms with Gasteiger partial charge in [-0.2, -0.15) is 4.68 Å². The molecule has 8 heteroatoms. The van der Waals surface area contributed by atoms with Gasteiger partial charge < -0.3 is 10.1 Å². The number of thioether (sulfide) groups is 1. The number of methoxy groups -OCH3 is 1. The Hall–Kier alpha value is -2.09. The number of amides is 1. The molecule has 1 amide bonds. The van der Waals surface area contributed by atoms with Crippen LogP contribution >= 0.6 is 11.8 Å². The number of nitrogens with zero attached hydrogens (tertiary/aromatic N) is 4. The minimum atomic E-state index is -0.0106. The second-order valence-electron chi connectivity index (χ2n) is 5.80. The van der Waals surface area contributed by atoms with Crippen LogP contribution < -0.4 is 10.1 Å². The molecule has 0 aliphatic rings. The van der Waals surface area contributed by atoms with Gasteiger partial charge in [-0.3, -0.25) is 4.79 Å². The number of aromatic nitrogens is 4. The number of hydrogen-bond acceptors (Lipinski definition) is 6. The molecule has 0 radical (unpaired) electrons. The number of carbonyl (C=O) groups is 1. The van der Waals surface area contributed by atoms with Crippen molar-refractivity contribution < 1.29 is 9.53 Å². The Bertz CT molecular complexity index is 677. The van der Waals surface area contributed by atoms with Crippen molar-refractivity contribution in [2.45, 2.75) is 50.7 Å². The highest BCUT2D eigenvalue weighted by Gasteiger charge is 2.15. The summed E-state index contributed by atoms with van der Waals surface area (Å²) in [5.74, 6) is 0.933. The fourth-order valence-electron chi connectivity index (χ4n) is 2.44. The molecule has 0 aliphatic carbocycles. The standard InChI is InChI=1S/C17H25N5O2S/c1-4-5-6-9-13(2)18-16(23)12-25-17-19-20-21-22(17)14-10-7-8-11-15(14)24-3/h7-8,10-11,13H,4-6,9,12H2,1-3H3,(H,18,23). The highest BCUT2D eigenvalue weighted by Crippen LogP contribution is 2.25. The van der Waals surface area contributed by atoms with E-state index >= 15 is 0 Å². The minimum absolute atomic E-state index is 0.0106. The Morgan fingerprint density at radius 2 is 2.16 bits per heavy atom. The van der Waals surface area contributed by atoms with E-state index in [1.54, 1.807) is 11.8 Å². The number of ether oxygens (including phenoxy) is 1. The Morgan fingerprint density at radius 3 is 2.92 bits per heavy atom. The highest BCUT2D eigenvalue weighted by atomic mass is 32.2. The predicted molar refractivity (Wildman–Crippen MR) is 98.2 cm³/mol. The number of benzene rings is 1. The SMILES string of the molecule is CCCCCC(C)NC(=O)CSc1nnnn1-c1ccccc1OC. The van der Waals surface area contributed by atoms with Crippen LogP contribution in [0.3, 0.4) is 0 Å². The van der Waals surface area contributed by atoms with E-state index < -0.39 is 0 Å². The van der Waals surface area contributed by atoms with Crippen molar-refractivity contribution in [2.75, 3.05) is 12.9 Å². The highest BCUT2D eigenvalue weighted by molar-refractivity contribution is 7.99. The van der Waals surface area contributed by atoms with E-state index in [0.29, 0.717) is 10.9 Å². The van der Waals surface area contributed by atoms with Crippen LogP contribution in [0.25, 0.3) is 5.69 Å². The van der Waals surface area contributed by atoms with Crippen molar-refractivity contribution in [3.05, 3.63) is 24.3 Å². The lowest BCUT2D eigenvalue weighted by atomic mass is 10.1. The largest absolute Gasteiger partial charge is 0.494 e. The molecule has 1 N–H and O–H groups in total. The molecule has 0 spiro atoms. The molecule has 1 heterocycles. The van der Waals surface area contributed by atoms with Gasteiger partial charge in [-0.25, -0.2) is 0 Å². The molecule has 0 saturated carbocycles. The molecule has 0 aliphatic heterocycles. The molecule has 2 rings (SSSR count). The first kappa shape index (κ1) is 19.2. The molecule has 0 bridgehead atoms. The third kappa shape index (κ3) is 5.74. The fourth-order valence-corrected chi connectivity index (χ4v) is 3.14. The van der Waals surface area contributed by atoms with E-state index in [-0.39, 0.29) is 17.7 Å². The van der Waals surface area contributed by atoms with Crippen molar-refractivity contribution >= 4 is 17.7 Å². The summed E-state index contributed by atoms with van der Waals surface area (Å²) in [5, 5.41) is 15.3. The van der Waals surface area contributed by atoms with Gasteiger partial charge in [0.15, 0.2) is 0 Å². The Morgan fingerprint density at radius 1 is 1.36 bits per heavy atom. The van der Waals surface area contributed by atoms with E-state index in [9.17, 15) is 4.79 Å². The van der Waals surface area contributed by atoms with Gasteiger partial charge in [-0.05, 0) is 35.9 Å². The zero-order valence-corrected chi connectivity index (χ0v) is 15.8. The summed E-state index contributed by atoms with van der Waals surface area (Å²) in [6, 6.07) is 7.67. The quantitative estimate of drug-likeness (QED) is 0.516. The maximum atomic E-state index is 12.1. The topological polar surface area (TPSA) is 81.9 Å². The van der Waals surface area contributed by atoms with Crippen molar-refractivity contribution in [1.29, 1.82) is 0 Å². The average molecular weight is 363 g/mol. The van der Waals surface area contributed by atoms with Crippen LogP contribution in [-0.2, 0) is 4.79 Å². The second kappa shape index (κ2) is 10.0. The fraction of sp³-hybridized carbons (Fsp3) is 0.529. The molecule has 1 aromatic heterocycles. The van der Waals surface area contributed by atoms with Crippen LogP contribution in [-0.4, -0.2) is 45.0 Å². The second-order valence-corrected chi connectivity index (χ2v) is 6.74. The monoisotopic (exact) mass is 363 g/mol. The van der Waals surface area contributed by atoms with Gasteiger partial charge in [0.1, 0.15) is 11.4 Å². The first-order chi connectivity index (χ1) is 12.2. The molecule has 0 saturated heterocycles. The normalized spacial score (nSPS) is 12.0. The summed E-state index contributed by atoms with van der Waals surface area (Å²) in [7, 11) is 1.60. The summed E-state index contributed by atoms with van der Waals surface area (Å²) in [6.07, 6.45) is 4.52. The molecule has 25 heavy (non-hydrogen) atoms. The summed E-state index contributed by atoms with van der Waals surface area (Å²) in [4.78, 5) is 12.1. The van der Waals surface area contributed by atoms with Gasteiger partial charge in [-0.15, -0.1) is 5.10 Å². The van der Waals surface area contributed by atoms with Gasteiger partial charge in [0.2, 0.25) is 11.1 Å². The molecule has 2 aromatic rings. The number of unbranched alkanes of at least 4 members (excludes halogenated alkanes) is 2. The lowest BCUT2D eigenvalue weighted by Gasteiger charge is -2.13. The van der Waals surface area contributed by atoms with Gasteiger partial charge in [-0.1, -0.05) is 50.1 Å². The van der Waals surface area contributed by atoms with Crippen molar-refractivity contribution in [3.8, 4) is 11.4 Å². The van der Waals surface area contributed by atoms with E-state index in [2.05, 4.69) is 27.8 Å². The van der Waals surface area contributed by atoms with Crippen LogP contribution in [0.2, 0.25) is 0 Å². The number of rotatable bonds is 10. The number of tetrazole rings is 1. The smallest absolute Gasteiger partial charge is 0.230 e. The maximum absolute atomic E-state index is 12.1. The number of hydrogen-bond donors (Lipinski definition) is 1. The van der Waals surface area contributed by atoms with E-state index in [4.69, 9.17) is 4.74 Å². The molecule has 136 valence electrons. The average Bonchev–Trinajstić information content (AvgIpc) is 3.08. The summed E-state index contributed by atoms with van der Waals surface area (Å²) >= 11 is 1.31. The number of carbonyl (C=O) groups excluding carboxylic acids is 1. The molecular weight excluding hydrogens is 338 g/mol. The maximum Gasteiger partial charge on any atom is 0.230 e. The van der Waals surface area contributed by atoms with Crippen molar-refractivity contribution in [2.24, 2.45) is 0 Å².